The predicted molar refractivity (Wildman–Crippen MR) is 85.5 cm³/mol. The molecule has 1 aromatic carbocycles. The van der Waals surface area contributed by atoms with Gasteiger partial charge in [-0.25, -0.2) is 0 Å². The largest absolute Gasteiger partial charge is 0.393 e. The van der Waals surface area contributed by atoms with Crippen molar-refractivity contribution in [3.05, 3.63) is 42.0 Å². The zero-order chi connectivity index (χ0) is 16.9. The van der Waals surface area contributed by atoms with Gasteiger partial charge >= 0.3 is 0 Å². The summed E-state index contributed by atoms with van der Waals surface area (Å²) in [5.74, 6) is -0.324. The summed E-state index contributed by atoms with van der Waals surface area (Å²) >= 11 is 0. The first-order valence-electron chi connectivity index (χ1n) is 7.62. The highest BCUT2D eigenvalue weighted by Crippen LogP contribution is 2.28. The highest BCUT2D eigenvalue weighted by molar-refractivity contribution is 5.91. The smallest absolute Gasteiger partial charge is 0.244 e. The minimum Gasteiger partial charge on any atom is -0.393 e. The molecule has 0 bridgehead atoms. The molecule has 0 saturated carbocycles. The molecule has 0 radical (unpaired) electrons. The quantitative estimate of drug-likeness (QED) is 0.576. The molecule has 4 unspecified atom stereocenters. The minimum atomic E-state index is -1.60. The molecule has 4 atom stereocenters. The van der Waals surface area contributed by atoms with E-state index in [4.69, 9.17) is 4.74 Å². The molecule has 4 N–H and O–H groups in total. The average Bonchev–Trinajstić information content (AvgIpc) is 2.55. The lowest BCUT2D eigenvalue weighted by atomic mass is 9.85. The highest BCUT2D eigenvalue weighted by Gasteiger charge is 2.46. The summed E-state index contributed by atoms with van der Waals surface area (Å²) in [6, 6.07) is 9.40. The van der Waals surface area contributed by atoms with Gasteiger partial charge in [0, 0.05) is 19.0 Å². The van der Waals surface area contributed by atoms with Crippen LogP contribution in [0.25, 0.3) is 6.08 Å². The van der Waals surface area contributed by atoms with Crippen molar-refractivity contribution in [3.63, 3.8) is 0 Å². The van der Waals surface area contributed by atoms with Gasteiger partial charge in [0.2, 0.25) is 5.91 Å². The number of ether oxygens (including phenoxy) is 1. The van der Waals surface area contributed by atoms with Crippen molar-refractivity contribution in [2.45, 2.75) is 37.3 Å². The van der Waals surface area contributed by atoms with Crippen LogP contribution in [-0.2, 0) is 9.53 Å². The number of benzene rings is 1. The lowest BCUT2D eigenvalue weighted by Gasteiger charge is -2.43. The molecular formula is C17H23NO5. The van der Waals surface area contributed by atoms with Gasteiger partial charge in [0.25, 0.3) is 0 Å². The summed E-state index contributed by atoms with van der Waals surface area (Å²) in [5.41, 5.74) is -0.702. The first-order chi connectivity index (χ1) is 10.9. The fourth-order valence-electron chi connectivity index (χ4n) is 2.70. The third-order valence-electron chi connectivity index (χ3n) is 3.93. The molecule has 1 aliphatic rings. The molecule has 0 spiro atoms. The first kappa shape index (κ1) is 17.6. The summed E-state index contributed by atoms with van der Waals surface area (Å²) in [4.78, 5) is 11.8. The second-order valence-electron chi connectivity index (χ2n) is 5.88. The fraction of sp³-hybridized carbons (Fsp3) is 0.471. The third-order valence-corrected chi connectivity index (χ3v) is 3.93. The molecule has 1 amide bonds. The fourth-order valence-corrected chi connectivity index (χ4v) is 2.70. The van der Waals surface area contributed by atoms with Gasteiger partial charge in [0.1, 0.15) is 17.8 Å². The normalized spacial score (nSPS) is 31.2. The molecule has 1 saturated heterocycles. The van der Waals surface area contributed by atoms with Crippen molar-refractivity contribution in [2.75, 3.05) is 13.2 Å². The Labute approximate surface area is 135 Å². The molecule has 0 aliphatic carbocycles. The van der Waals surface area contributed by atoms with Crippen LogP contribution in [0.3, 0.4) is 0 Å². The molecule has 2 rings (SSSR count). The van der Waals surface area contributed by atoms with Crippen LogP contribution < -0.4 is 5.32 Å². The molecule has 6 nitrogen and oxygen atoms in total. The maximum Gasteiger partial charge on any atom is 0.244 e. The number of carbonyl (C=O) groups is 1. The van der Waals surface area contributed by atoms with E-state index >= 15 is 0 Å². The molecular weight excluding hydrogens is 298 g/mol. The van der Waals surface area contributed by atoms with Crippen molar-refractivity contribution < 1.29 is 24.9 Å². The van der Waals surface area contributed by atoms with E-state index in [-0.39, 0.29) is 25.0 Å². The van der Waals surface area contributed by atoms with Crippen LogP contribution in [0.1, 0.15) is 18.9 Å². The summed E-state index contributed by atoms with van der Waals surface area (Å²) < 4.78 is 5.55. The van der Waals surface area contributed by atoms with E-state index in [9.17, 15) is 20.1 Å². The van der Waals surface area contributed by atoms with Crippen molar-refractivity contribution in [1.82, 2.24) is 5.32 Å². The highest BCUT2D eigenvalue weighted by atomic mass is 16.5. The van der Waals surface area contributed by atoms with E-state index in [0.717, 1.165) is 5.56 Å². The SMILES string of the molecule is CC1CC(O)(CO)C(O)C(CNC(=O)/C=C/c2ccccc2)O1. The Morgan fingerprint density at radius 2 is 2.13 bits per heavy atom. The standard InChI is InChI=1S/C17H23NO5/c1-12-9-17(22,11-19)16(21)14(23-12)10-18-15(20)8-7-13-5-3-2-4-6-13/h2-8,12,14,16,19,21-22H,9-11H2,1H3,(H,18,20)/b8-7+. The van der Waals surface area contributed by atoms with Gasteiger partial charge in [-0.3, -0.25) is 4.79 Å². The van der Waals surface area contributed by atoms with Gasteiger partial charge < -0.3 is 25.4 Å². The Morgan fingerprint density at radius 1 is 1.43 bits per heavy atom. The van der Waals surface area contributed by atoms with E-state index in [2.05, 4.69) is 5.32 Å². The van der Waals surface area contributed by atoms with Gasteiger partial charge in [-0.1, -0.05) is 30.3 Å². The molecule has 1 heterocycles. The third kappa shape index (κ3) is 4.62. The van der Waals surface area contributed by atoms with Crippen molar-refractivity contribution in [3.8, 4) is 0 Å². The zero-order valence-corrected chi connectivity index (χ0v) is 13.1. The topological polar surface area (TPSA) is 99.0 Å². The second kappa shape index (κ2) is 7.70. The number of hydrogen-bond donors (Lipinski definition) is 4. The number of amides is 1. The summed E-state index contributed by atoms with van der Waals surface area (Å²) in [5, 5.41) is 32.2. The Kier molecular flexibility index (Phi) is 5.90. The monoisotopic (exact) mass is 321 g/mol. The van der Waals surface area contributed by atoms with E-state index < -0.39 is 24.4 Å². The van der Waals surface area contributed by atoms with E-state index in [1.54, 1.807) is 13.0 Å². The van der Waals surface area contributed by atoms with Crippen molar-refractivity contribution in [2.24, 2.45) is 0 Å². The molecule has 1 aliphatic heterocycles. The number of rotatable bonds is 5. The van der Waals surface area contributed by atoms with Crippen LogP contribution >= 0.6 is 0 Å². The first-order valence-corrected chi connectivity index (χ1v) is 7.62. The van der Waals surface area contributed by atoms with Gasteiger partial charge in [0.15, 0.2) is 0 Å². The Bertz CT molecular complexity index is 547. The van der Waals surface area contributed by atoms with Gasteiger partial charge in [-0.05, 0) is 18.6 Å². The molecule has 0 aromatic heterocycles. The molecule has 1 aromatic rings. The van der Waals surface area contributed by atoms with Crippen molar-refractivity contribution in [1.29, 1.82) is 0 Å². The number of aliphatic hydroxyl groups excluding tert-OH is 2. The Morgan fingerprint density at radius 3 is 2.78 bits per heavy atom. The molecule has 126 valence electrons. The maximum absolute atomic E-state index is 11.8. The molecule has 1 fully saturated rings. The summed E-state index contributed by atoms with van der Waals surface area (Å²) in [7, 11) is 0. The second-order valence-corrected chi connectivity index (χ2v) is 5.88. The maximum atomic E-state index is 11.8. The predicted octanol–water partition coefficient (Wildman–Crippen LogP) is 0.0777. The van der Waals surface area contributed by atoms with Crippen molar-refractivity contribution >= 4 is 12.0 Å². The summed E-state index contributed by atoms with van der Waals surface area (Å²) in [6.07, 6.45) is 0.861. The number of carbonyl (C=O) groups excluding carboxylic acids is 1. The Balaban J connectivity index is 1.89. The number of hydrogen-bond acceptors (Lipinski definition) is 5. The van der Waals surface area contributed by atoms with Crippen LogP contribution in [0, 0.1) is 0 Å². The lowest BCUT2D eigenvalue weighted by molar-refractivity contribution is -0.222. The van der Waals surface area contributed by atoms with Crippen LogP contribution in [0.15, 0.2) is 36.4 Å². The van der Waals surface area contributed by atoms with Gasteiger partial charge in [-0.2, -0.15) is 0 Å². The van der Waals surface area contributed by atoms with Gasteiger partial charge in [-0.15, -0.1) is 0 Å². The van der Waals surface area contributed by atoms with Crippen LogP contribution in [0.2, 0.25) is 0 Å². The lowest BCUT2D eigenvalue weighted by Crippen LogP contribution is -2.61. The van der Waals surface area contributed by atoms with E-state index in [0.29, 0.717) is 0 Å². The minimum absolute atomic E-state index is 0.0474. The van der Waals surface area contributed by atoms with Gasteiger partial charge in [0.05, 0.1) is 12.7 Å². The van der Waals surface area contributed by atoms with E-state index in [1.807, 2.05) is 30.3 Å². The molecule has 6 heteroatoms. The molecule has 23 heavy (non-hydrogen) atoms. The van der Waals surface area contributed by atoms with Crippen LogP contribution in [-0.4, -0.2) is 58.3 Å². The summed E-state index contributed by atoms with van der Waals surface area (Å²) in [6.45, 7) is 1.24. The van der Waals surface area contributed by atoms with Crippen LogP contribution in [0.4, 0.5) is 0 Å². The zero-order valence-electron chi connectivity index (χ0n) is 13.1. The average molecular weight is 321 g/mol. The number of nitrogens with one attached hydrogen (secondary N) is 1. The number of aliphatic hydroxyl groups is 3. The van der Waals surface area contributed by atoms with E-state index in [1.165, 1.54) is 6.08 Å². The Hall–Kier alpha value is -1.73. The van der Waals surface area contributed by atoms with Crippen LogP contribution in [0.5, 0.6) is 0 Å².